The Labute approximate surface area is 130 Å². The zero-order valence-corrected chi connectivity index (χ0v) is 12.4. The summed E-state index contributed by atoms with van der Waals surface area (Å²) < 4.78 is 0. The Hall–Kier alpha value is -2.42. The van der Waals surface area contributed by atoms with E-state index in [0.717, 1.165) is 36.8 Å². The Morgan fingerprint density at radius 1 is 1.05 bits per heavy atom. The van der Waals surface area contributed by atoms with Gasteiger partial charge in [0.15, 0.2) is 0 Å². The van der Waals surface area contributed by atoms with Crippen molar-refractivity contribution in [2.24, 2.45) is 0 Å². The van der Waals surface area contributed by atoms with E-state index in [0.29, 0.717) is 12.0 Å². The number of hydrogen-bond acceptors (Lipinski definition) is 2. The van der Waals surface area contributed by atoms with Crippen LogP contribution in [-0.2, 0) is 4.79 Å². The van der Waals surface area contributed by atoms with Crippen LogP contribution in [0.4, 0.5) is 0 Å². The Balaban J connectivity index is 1.78. The highest BCUT2D eigenvalue weighted by Crippen LogP contribution is 2.24. The number of hydrogen-bond donors (Lipinski definition) is 0. The van der Waals surface area contributed by atoms with Crippen molar-refractivity contribution in [2.75, 3.05) is 6.54 Å². The van der Waals surface area contributed by atoms with E-state index in [4.69, 9.17) is 0 Å². The molecule has 2 aromatic carbocycles. The summed E-state index contributed by atoms with van der Waals surface area (Å²) >= 11 is 0. The summed E-state index contributed by atoms with van der Waals surface area (Å²) in [5, 5.41) is 0. The van der Waals surface area contributed by atoms with Crippen molar-refractivity contribution >= 4 is 12.2 Å². The van der Waals surface area contributed by atoms with E-state index in [9.17, 15) is 9.59 Å². The second-order valence-electron chi connectivity index (χ2n) is 5.64. The van der Waals surface area contributed by atoms with Gasteiger partial charge in [-0.25, -0.2) is 0 Å². The molecule has 0 aromatic heterocycles. The molecular weight excluding hydrogens is 274 g/mol. The molecule has 0 bridgehead atoms. The van der Waals surface area contributed by atoms with Gasteiger partial charge in [-0.15, -0.1) is 0 Å². The van der Waals surface area contributed by atoms with Crippen molar-refractivity contribution in [3.8, 4) is 11.1 Å². The summed E-state index contributed by atoms with van der Waals surface area (Å²) in [5.74, 6) is 0.0314. The van der Waals surface area contributed by atoms with Gasteiger partial charge in [0.1, 0.15) is 6.29 Å². The van der Waals surface area contributed by atoms with Gasteiger partial charge < -0.3 is 9.69 Å². The second-order valence-corrected chi connectivity index (χ2v) is 5.64. The van der Waals surface area contributed by atoms with Crippen LogP contribution in [0.25, 0.3) is 11.1 Å². The van der Waals surface area contributed by atoms with Crippen molar-refractivity contribution in [3.63, 3.8) is 0 Å². The largest absolute Gasteiger partial charge is 0.335 e. The van der Waals surface area contributed by atoms with Crippen LogP contribution in [-0.4, -0.2) is 29.7 Å². The van der Waals surface area contributed by atoms with Crippen molar-refractivity contribution in [1.82, 2.24) is 4.90 Å². The molecular formula is C19H19NO2. The maximum atomic E-state index is 12.6. The molecule has 3 nitrogen and oxygen atoms in total. The summed E-state index contributed by atoms with van der Waals surface area (Å²) in [4.78, 5) is 25.2. The predicted molar refractivity (Wildman–Crippen MR) is 86.6 cm³/mol. The molecule has 3 rings (SSSR count). The highest BCUT2D eigenvalue weighted by atomic mass is 16.2. The molecule has 1 saturated heterocycles. The number of aldehydes is 1. The van der Waals surface area contributed by atoms with Crippen LogP contribution < -0.4 is 0 Å². The Morgan fingerprint density at radius 2 is 1.73 bits per heavy atom. The molecule has 1 atom stereocenters. The first-order valence-electron chi connectivity index (χ1n) is 7.69. The monoisotopic (exact) mass is 293 g/mol. The summed E-state index contributed by atoms with van der Waals surface area (Å²) in [6, 6.07) is 17.9. The van der Waals surface area contributed by atoms with E-state index >= 15 is 0 Å². The molecule has 0 spiro atoms. The first-order valence-corrected chi connectivity index (χ1v) is 7.69. The quantitative estimate of drug-likeness (QED) is 0.808. The first kappa shape index (κ1) is 14.5. The second kappa shape index (κ2) is 6.56. The molecule has 22 heavy (non-hydrogen) atoms. The van der Waals surface area contributed by atoms with Crippen LogP contribution in [0.1, 0.15) is 29.6 Å². The van der Waals surface area contributed by atoms with Gasteiger partial charge in [-0.3, -0.25) is 4.79 Å². The van der Waals surface area contributed by atoms with Crippen molar-refractivity contribution in [1.29, 1.82) is 0 Å². The SMILES string of the molecule is O=CC[C@H]1CCCN1C(=O)c1ccc(-c2ccccc2)cc1. The van der Waals surface area contributed by atoms with Crippen molar-refractivity contribution in [2.45, 2.75) is 25.3 Å². The Bertz CT molecular complexity index is 649. The zero-order valence-electron chi connectivity index (χ0n) is 12.4. The lowest BCUT2D eigenvalue weighted by molar-refractivity contribution is -0.108. The molecule has 2 aromatic rings. The lowest BCUT2D eigenvalue weighted by Gasteiger charge is -2.23. The summed E-state index contributed by atoms with van der Waals surface area (Å²) in [6.07, 6.45) is 3.25. The number of nitrogens with zero attached hydrogens (tertiary/aromatic N) is 1. The topological polar surface area (TPSA) is 37.4 Å². The van der Waals surface area contributed by atoms with E-state index in [-0.39, 0.29) is 11.9 Å². The van der Waals surface area contributed by atoms with E-state index in [1.54, 1.807) is 0 Å². The predicted octanol–water partition coefficient (Wildman–Crippen LogP) is 3.55. The van der Waals surface area contributed by atoms with Gasteiger partial charge in [0.2, 0.25) is 0 Å². The molecule has 0 N–H and O–H groups in total. The Morgan fingerprint density at radius 3 is 2.41 bits per heavy atom. The number of rotatable bonds is 4. The third-order valence-corrected chi connectivity index (χ3v) is 4.25. The van der Waals surface area contributed by atoms with Gasteiger partial charge in [-0.05, 0) is 36.1 Å². The minimum absolute atomic E-state index is 0.0314. The van der Waals surface area contributed by atoms with E-state index < -0.39 is 0 Å². The average molecular weight is 293 g/mol. The number of likely N-dealkylation sites (tertiary alicyclic amines) is 1. The molecule has 0 unspecified atom stereocenters. The number of carbonyl (C=O) groups is 2. The minimum atomic E-state index is 0.0314. The molecule has 0 radical (unpaired) electrons. The van der Waals surface area contributed by atoms with E-state index in [1.807, 2.05) is 47.4 Å². The summed E-state index contributed by atoms with van der Waals surface area (Å²) in [5.41, 5.74) is 2.93. The van der Waals surface area contributed by atoms with Crippen LogP contribution in [0.3, 0.4) is 0 Å². The summed E-state index contributed by atoms with van der Waals surface area (Å²) in [6.45, 7) is 0.748. The minimum Gasteiger partial charge on any atom is -0.335 e. The van der Waals surface area contributed by atoms with Crippen LogP contribution in [0.5, 0.6) is 0 Å². The molecule has 1 heterocycles. The van der Waals surface area contributed by atoms with Gasteiger partial charge in [0.05, 0.1) is 0 Å². The third kappa shape index (κ3) is 2.93. The molecule has 1 fully saturated rings. The Kier molecular flexibility index (Phi) is 4.33. The van der Waals surface area contributed by atoms with Gasteiger partial charge in [-0.1, -0.05) is 42.5 Å². The molecule has 0 saturated carbocycles. The standard InChI is InChI=1S/C19H19NO2/c21-14-12-18-7-4-13-20(18)19(22)17-10-8-16(9-11-17)15-5-2-1-3-6-15/h1-3,5-6,8-11,14,18H,4,7,12-13H2/t18-/m1/s1. The van der Waals surface area contributed by atoms with Crippen LogP contribution in [0.15, 0.2) is 54.6 Å². The molecule has 1 aliphatic heterocycles. The van der Waals surface area contributed by atoms with Crippen LogP contribution >= 0.6 is 0 Å². The zero-order chi connectivity index (χ0) is 15.4. The number of benzene rings is 2. The maximum Gasteiger partial charge on any atom is 0.254 e. The van der Waals surface area contributed by atoms with Gasteiger partial charge >= 0.3 is 0 Å². The van der Waals surface area contributed by atoms with Gasteiger partial charge in [-0.2, -0.15) is 0 Å². The fraction of sp³-hybridized carbons (Fsp3) is 0.263. The first-order chi connectivity index (χ1) is 10.8. The van der Waals surface area contributed by atoms with E-state index in [2.05, 4.69) is 12.1 Å². The average Bonchev–Trinajstić information content (AvgIpc) is 3.04. The fourth-order valence-corrected chi connectivity index (χ4v) is 3.06. The van der Waals surface area contributed by atoms with E-state index in [1.165, 1.54) is 0 Å². The smallest absolute Gasteiger partial charge is 0.254 e. The van der Waals surface area contributed by atoms with Gasteiger partial charge in [0.25, 0.3) is 5.91 Å². The lowest BCUT2D eigenvalue weighted by Crippen LogP contribution is -2.35. The summed E-state index contributed by atoms with van der Waals surface area (Å²) in [7, 11) is 0. The van der Waals surface area contributed by atoms with Crippen molar-refractivity contribution < 1.29 is 9.59 Å². The molecule has 0 aliphatic carbocycles. The highest BCUT2D eigenvalue weighted by molar-refractivity contribution is 5.95. The van der Waals surface area contributed by atoms with Crippen LogP contribution in [0, 0.1) is 0 Å². The molecule has 112 valence electrons. The molecule has 3 heteroatoms. The van der Waals surface area contributed by atoms with Crippen molar-refractivity contribution in [3.05, 3.63) is 60.2 Å². The molecule has 1 amide bonds. The molecule has 1 aliphatic rings. The lowest BCUT2D eigenvalue weighted by atomic mass is 10.0. The van der Waals surface area contributed by atoms with Gasteiger partial charge in [0, 0.05) is 24.6 Å². The fourth-order valence-electron chi connectivity index (χ4n) is 3.06. The number of amides is 1. The van der Waals surface area contributed by atoms with Crippen LogP contribution in [0.2, 0.25) is 0 Å². The normalized spacial score (nSPS) is 17.5. The highest BCUT2D eigenvalue weighted by Gasteiger charge is 2.28. The number of carbonyl (C=O) groups excluding carboxylic acids is 2. The maximum absolute atomic E-state index is 12.6. The third-order valence-electron chi connectivity index (χ3n) is 4.25.